The lowest BCUT2D eigenvalue weighted by Crippen LogP contribution is -2.17. The van der Waals surface area contributed by atoms with E-state index in [1.807, 2.05) is 12.1 Å². The predicted octanol–water partition coefficient (Wildman–Crippen LogP) is 4.35. The van der Waals surface area contributed by atoms with Gasteiger partial charge in [-0.3, -0.25) is 4.99 Å². The third-order valence-corrected chi connectivity index (χ3v) is 4.18. The van der Waals surface area contributed by atoms with Crippen LogP contribution < -0.4 is 4.74 Å². The number of aliphatic hydroxyl groups is 1. The van der Waals surface area contributed by atoms with Crippen LogP contribution in [0.1, 0.15) is 39.0 Å². The van der Waals surface area contributed by atoms with Crippen LogP contribution in [-0.4, -0.2) is 31.0 Å². The second-order valence-corrected chi connectivity index (χ2v) is 5.78. The lowest BCUT2D eigenvalue weighted by Gasteiger charge is -2.22. The van der Waals surface area contributed by atoms with E-state index in [9.17, 15) is 9.90 Å². The van der Waals surface area contributed by atoms with E-state index >= 15 is 0 Å². The molecule has 0 unspecified atom stereocenters. The summed E-state index contributed by atoms with van der Waals surface area (Å²) in [6.07, 6.45) is 6.46. The van der Waals surface area contributed by atoms with Crippen molar-refractivity contribution in [2.24, 2.45) is 10.9 Å². The highest BCUT2D eigenvalue weighted by atomic mass is 16.5. The number of aliphatic hydroxyl groups excluding tert-OH is 1. The molecule has 1 saturated carbocycles. The van der Waals surface area contributed by atoms with Crippen molar-refractivity contribution in [2.45, 2.75) is 39.0 Å². The van der Waals surface area contributed by atoms with Crippen LogP contribution in [-0.2, 0) is 9.53 Å². The SMILES string of the molecule is CCOC(=O)C(C=Nc1ccccc1OC)=C(O)C1CCCCC1. The van der Waals surface area contributed by atoms with Gasteiger partial charge in [-0.05, 0) is 31.9 Å². The van der Waals surface area contributed by atoms with Gasteiger partial charge >= 0.3 is 5.97 Å². The second-order valence-electron chi connectivity index (χ2n) is 5.78. The van der Waals surface area contributed by atoms with Gasteiger partial charge in [0.15, 0.2) is 0 Å². The van der Waals surface area contributed by atoms with Crippen molar-refractivity contribution >= 4 is 17.9 Å². The average Bonchev–Trinajstić information content (AvgIpc) is 2.63. The first kappa shape index (κ1) is 18.0. The summed E-state index contributed by atoms with van der Waals surface area (Å²) in [5.74, 6) is 0.155. The van der Waals surface area contributed by atoms with Gasteiger partial charge in [-0.25, -0.2) is 4.79 Å². The van der Waals surface area contributed by atoms with Crippen LogP contribution in [0.15, 0.2) is 40.6 Å². The number of rotatable bonds is 6. The Hall–Kier alpha value is -2.30. The Morgan fingerprint density at radius 2 is 2.00 bits per heavy atom. The molecule has 0 amide bonds. The molecule has 5 nitrogen and oxygen atoms in total. The van der Waals surface area contributed by atoms with E-state index in [1.54, 1.807) is 26.2 Å². The van der Waals surface area contributed by atoms with Crippen LogP contribution in [0.5, 0.6) is 5.75 Å². The van der Waals surface area contributed by atoms with Gasteiger partial charge in [-0.1, -0.05) is 31.4 Å². The van der Waals surface area contributed by atoms with E-state index < -0.39 is 5.97 Å². The van der Waals surface area contributed by atoms with Gasteiger partial charge in [0.1, 0.15) is 22.8 Å². The van der Waals surface area contributed by atoms with Crippen molar-refractivity contribution in [3.05, 3.63) is 35.6 Å². The van der Waals surface area contributed by atoms with E-state index in [1.165, 1.54) is 12.6 Å². The number of para-hydroxylation sites is 2. The van der Waals surface area contributed by atoms with Crippen molar-refractivity contribution in [2.75, 3.05) is 13.7 Å². The summed E-state index contributed by atoms with van der Waals surface area (Å²) in [4.78, 5) is 16.6. The van der Waals surface area contributed by atoms with Crippen LogP contribution in [0.4, 0.5) is 5.69 Å². The standard InChI is InChI=1S/C19H25NO4/c1-3-24-19(22)15(18(21)14-9-5-4-6-10-14)13-20-16-11-7-8-12-17(16)23-2/h7-8,11-14,21H,3-6,9-10H2,1-2H3. The fourth-order valence-corrected chi connectivity index (χ4v) is 2.90. The molecule has 0 atom stereocenters. The van der Waals surface area contributed by atoms with Gasteiger partial charge in [0.05, 0.1) is 13.7 Å². The Morgan fingerprint density at radius 1 is 1.29 bits per heavy atom. The number of carbonyl (C=O) groups excluding carboxylic acids is 1. The first-order valence-electron chi connectivity index (χ1n) is 8.44. The van der Waals surface area contributed by atoms with Gasteiger partial charge in [-0.15, -0.1) is 0 Å². The molecule has 0 spiro atoms. The van der Waals surface area contributed by atoms with E-state index in [-0.39, 0.29) is 23.9 Å². The molecule has 0 aliphatic heterocycles. The monoisotopic (exact) mass is 331 g/mol. The Kier molecular flexibility index (Phi) is 6.85. The highest BCUT2D eigenvalue weighted by Crippen LogP contribution is 2.31. The lowest BCUT2D eigenvalue weighted by molar-refractivity contribution is -0.138. The summed E-state index contributed by atoms with van der Waals surface area (Å²) < 4.78 is 10.3. The second kappa shape index (κ2) is 9.11. The summed E-state index contributed by atoms with van der Waals surface area (Å²) in [5.41, 5.74) is 0.730. The maximum Gasteiger partial charge on any atom is 0.343 e. The zero-order valence-corrected chi connectivity index (χ0v) is 14.3. The first-order chi connectivity index (χ1) is 11.7. The van der Waals surface area contributed by atoms with E-state index in [2.05, 4.69) is 4.99 Å². The minimum absolute atomic E-state index is 0.00211. The van der Waals surface area contributed by atoms with Crippen molar-refractivity contribution < 1.29 is 19.4 Å². The quantitative estimate of drug-likeness (QED) is 0.364. The average molecular weight is 331 g/mol. The van der Waals surface area contributed by atoms with Gasteiger partial charge in [0, 0.05) is 12.1 Å². The predicted molar refractivity (Wildman–Crippen MR) is 94.0 cm³/mol. The summed E-state index contributed by atoms with van der Waals surface area (Å²) in [5, 5.41) is 10.6. The number of nitrogens with zero attached hydrogens (tertiary/aromatic N) is 1. The molecule has 1 aromatic carbocycles. The molecule has 0 saturated heterocycles. The number of allylic oxidation sites excluding steroid dienone is 1. The molecule has 1 aliphatic carbocycles. The highest BCUT2D eigenvalue weighted by Gasteiger charge is 2.24. The number of benzene rings is 1. The molecule has 0 heterocycles. The molecule has 24 heavy (non-hydrogen) atoms. The van der Waals surface area contributed by atoms with Crippen molar-refractivity contribution in [1.29, 1.82) is 0 Å². The fourth-order valence-electron chi connectivity index (χ4n) is 2.90. The number of aliphatic imine (C=N–C) groups is 1. The molecular formula is C19H25NO4. The molecule has 130 valence electrons. The van der Waals surface area contributed by atoms with E-state index in [4.69, 9.17) is 9.47 Å². The van der Waals surface area contributed by atoms with Gasteiger partial charge in [-0.2, -0.15) is 0 Å². The normalized spacial score (nSPS) is 16.8. The molecule has 1 aromatic rings. The molecule has 1 fully saturated rings. The number of hydrogen-bond acceptors (Lipinski definition) is 5. The van der Waals surface area contributed by atoms with Gasteiger partial charge in [0.2, 0.25) is 0 Å². The number of ether oxygens (including phenoxy) is 2. The molecule has 2 rings (SSSR count). The smallest absolute Gasteiger partial charge is 0.343 e. The van der Waals surface area contributed by atoms with Crippen molar-refractivity contribution in [3.8, 4) is 5.75 Å². The number of hydrogen-bond donors (Lipinski definition) is 1. The number of carbonyl (C=O) groups is 1. The third-order valence-electron chi connectivity index (χ3n) is 4.18. The molecular weight excluding hydrogens is 306 g/mol. The largest absolute Gasteiger partial charge is 0.511 e. The first-order valence-corrected chi connectivity index (χ1v) is 8.44. The summed E-state index contributed by atoms with van der Waals surface area (Å²) in [6, 6.07) is 7.26. The van der Waals surface area contributed by atoms with Crippen LogP contribution in [0.3, 0.4) is 0 Å². The Labute approximate surface area is 143 Å². The molecule has 0 aromatic heterocycles. The Bertz CT molecular complexity index is 616. The molecule has 1 aliphatic rings. The van der Waals surface area contributed by atoms with Crippen LogP contribution >= 0.6 is 0 Å². The minimum Gasteiger partial charge on any atom is -0.511 e. The van der Waals surface area contributed by atoms with Gasteiger partial charge in [0.25, 0.3) is 0 Å². The maximum absolute atomic E-state index is 12.2. The molecule has 0 radical (unpaired) electrons. The van der Waals surface area contributed by atoms with Crippen LogP contribution in [0, 0.1) is 5.92 Å². The van der Waals surface area contributed by atoms with Gasteiger partial charge < -0.3 is 14.6 Å². The van der Waals surface area contributed by atoms with Crippen LogP contribution in [0.25, 0.3) is 0 Å². The van der Waals surface area contributed by atoms with E-state index in [0.29, 0.717) is 11.4 Å². The molecule has 5 heteroatoms. The third kappa shape index (κ3) is 4.60. The summed E-state index contributed by atoms with van der Waals surface area (Å²) >= 11 is 0. The Balaban J connectivity index is 2.32. The Morgan fingerprint density at radius 3 is 2.67 bits per heavy atom. The highest BCUT2D eigenvalue weighted by molar-refractivity contribution is 6.10. The summed E-state index contributed by atoms with van der Waals surface area (Å²) in [7, 11) is 1.57. The summed E-state index contributed by atoms with van der Waals surface area (Å²) in [6.45, 7) is 1.99. The van der Waals surface area contributed by atoms with Crippen LogP contribution in [0.2, 0.25) is 0 Å². The topological polar surface area (TPSA) is 68.1 Å². The zero-order chi connectivity index (χ0) is 17.4. The molecule has 1 N–H and O–H groups in total. The number of esters is 1. The maximum atomic E-state index is 12.2. The molecule has 0 bridgehead atoms. The zero-order valence-electron chi connectivity index (χ0n) is 14.3. The fraction of sp³-hybridized carbons (Fsp3) is 0.474. The van der Waals surface area contributed by atoms with Crippen molar-refractivity contribution in [1.82, 2.24) is 0 Å². The van der Waals surface area contributed by atoms with Crippen molar-refractivity contribution in [3.63, 3.8) is 0 Å². The minimum atomic E-state index is -0.542. The lowest BCUT2D eigenvalue weighted by atomic mass is 9.86. The van der Waals surface area contributed by atoms with E-state index in [0.717, 1.165) is 25.7 Å². The number of methoxy groups -OCH3 is 1.